The van der Waals surface area contributed by atoms with Gasteiger partial charge in [0.05, 0.1) is 7.11 Å². The summed E-state index contributed by atoms with van der Waals surface area (Å²) < 4.78 is 5.02. The van der Waals surface area contributed by atoms with Crippen molar-refractivity contribution < 1.29 is 9.53 Å². The summed E-state index contributed by atoms with van der Waals surface area (Å²) in [6, 6.07) is 0. The summed E-state index contributed by atoms with van der Waals surface area (Å²) in [5.74, 6) is 0.368. The number of esters is 1. The van der Waals surface area contributed by atoms with Crippen LogP contribution in [0.25, 0.3) is 0 Å². The van der Waals surface area contributed by atoms with Gasteiger partial charge >= 0.3 is 5.97 Å². The molecule has 94 valence electrons. The summed E-state index contributed by atoms with van der Waals surface area (Å²) in [5, 5.41) is 3.46. The molecular formula is C13H25NO2. The predicted molar refractivity (Wildman–Crippen MR) is 65.3 cm³/mol. The number of hydrogen-bond acceptors (Lipinski definition) is 3. The monoisotopic (exact) mass is 227 g/mol. The van der Waals surface area contributed by atoms with Crippen molar-refractivity contribution in [2.45, 2.75) is 57.9 Å². The molecule has 0 aromatic rings. The van der Waals surface area contributed by atoms with Gasteiger partial charge in [-0.15, -0.1) is 0 Å². The highest BCUT2D eigenvalue weighted by Crippen LogP contribution is 2.36. The molecule has 1 aliphatic rings. The average Bonchev–Trinajstić information content (AvgIpc) is 2.35. The Hall–Kier alpha value is -0.570. The molecule has 1 saturated carbocycles. The van der Waals surface area contributed by atoms with Crippen LogP contribution in [-0.4, -0.2) is 25.2 Å². The minimum atomic E-state index is -0.405. The van der Waals surface area contributed by atoms with Gasteiger partial charge in [0, 0.05) is 0 Å². The second-order valence-corrected chi connectivity index (χ2v) is 4.74. The van der Waals surface area contributed by atoms with Crippen LogP contribution < -0.4 is 5.32 Å². The highest BCUT2D eigenvalue weighted by Gasteiger charge is 2.46. The molecule has 2 atom stereocenters. The first-order chi connectivity index (χ1) is 7.71. The van der Waals surface area contributed by atoms with E-state index in [9.17, 15) is 4.79 Å². The van der Waals surface area contributed by atoms with Crippen LogP contribution in [0.15, 0.2) is 0 Å². The first-order valence-electron chi connectivity index (χ1n) is 6.54. The van der Waals surface area contributed by atoms with E-state index in [0.29, 0.717) is 5.92 Å². The van der Waals surface area contributed by atoms with E-state index >= 15 is 0 Å². The number of rotatable bonds is 5. The molecule has 0 spiro atoms. The molecule has 0 aromatic heterocycles. The molecule has 1 aliphatic carbocycles. The van der Waals surface area contributed by atoms with Crippen molar-refractivity contribution in [1.29, 1.82) is 0 Å². The molecule has 2 unspecified atom stereocenters. The minimum Gasteiger partial charge on any atom is -0.468 e. The average molecular weight is 227 g/mol. The lowest BCUT2D eigenvalue weighted by Crippen LogP contribution is -2.59. The van der Waals surface area contributed by atoms with Crippen molar-refractivity contribution in [2.24, 2.45) is 5.92 Å². The molecular weight excluding hydrogens is 202 g/mol. The van der Waals surface area contributed by atoms with E-state index in [-0.39, 0.29) is 5.97 Å². The molecule has 1 rings (SSSR count). The fourth-order valence-corrected chi connectivity index (χ4v) is 2.90. The third kappa shape index (κ3) is 2.57. The lowest BCUT2D eigenvalue weighted by Gasteiger charge is -2.42. The van der Waals surface area contributed by atoms with Gasteiger partial charge in [0.25, 0.3) is 0 Å². The Morgan fingerprint density at radius 3 is 2.75 bits per heavy atom. The minimum absolute atomic E-state index is 0.0625. The normalized spacial score (nSPS) is 30.1. The number of hydrogen-bond donors (Lipinski definition) is 1. The molecule has 0 saturated heterocycles. The highest BCUT2D eigenvalue weighted by atomic mass is 16.5. The molecule has 0 aromatic carbocycles. The molecule has 0 heterocycles. The standard InChI is InChI=1S/C13H25NO2/c1-4-10-14-13(12(15)16-3)9-7-6-8-11(13)5-2/h11,14H,4-10H2,1-3H3. The Labute approximate surface area is 98.9 Å². The van der Waals surface area contributed by atoms with Crippen LogP contribution in [0.2, 0.25) is 0 Å². The van der Waals surface area contributed by atoms with Crippen molar-refractivity contribution in [3.8, 4) is 0 Å². The predicted octanol–water partition coefficient (Wildman–Crippen LogP) is 2.50. The van der Waals surface area contributed by atoms with Gasteiger partial charge in [0.1, 0.15) is 5.54 Å². The van der Waals surface area contributed by atoms with Crippen LogP contribution in [0.1, 0.15) is 52.4 Å². The van der Waals surface area contributed by atoms with Gasteiger partial charge in [0.2, 0.25) is 0 Å². The largest absolute Gasteiger partial charge is 0.468 e. The first kappa shape index (κ1) is 13.5. The van der Waals surface area contributed by atoms with Crippen LogP contribution in [0.3, 0.4) is 0 Å². The Morgan fingerprint density at radius 2 is 2.19 bits per heavy atom. The number of methoxy groups -OCH3 is 1. The maximum atomic E-state index is 12.1. The van der Waals surface area contributed by atoms with E-state index in [4.69, 9.17) is 4.74 Å². The topological polar surface area (TPSA) is 38.3 Å². The Balaban J connectivity index is 2.84. The van der Waals surface area contributed by atoms with Crippen molar-refractivity contribution in [1.82, 2.24) is 5.32 Å². The number of ether oxygens (including phenoxy) is 1. The van der Waals surface area contributed by atoms with E-state index in [1.807, 2.05) is 0 Å². The zero-order chi connectivity index (χ0) is 12.0. The summed E-state index contributed by atoms with van der Waals surface area (Å²) in [7, 11) is 1.50. The Morgan fingerprint density at radius 1 is 1.44 bits per heavy atom. The fraction of sp³-hybridized carbons (Fsp3) is 0.923. The van der Waals surface area contributed by atoms with Gasteiger partial charge in [-0.1, -0.05) is 33.1 Å². The SMILES string of the molecule is CCCNC1(C(=O)OC)CCCCC1CC. The van der Waals surface area contributed by atoms with Crippen molar-refractivity contribution in [2.75, 3.05) is 13.7 Å². The summed E-state index contributed by atoms with van der Waals surface area (Å²) in [6.07, 6.45) is 6.54. The maximum Gasteiger partial charge on any atom is 0.326 e. The van der Waals surface area contributed by atoms with Gasteiger partial charge in [0.15, 0.2) is 0 Å². The summed E-state index contributed by atoms with van der Waals surface area (Å²) in [5.41, 5.74) is -0.405. The van der Waals surface area contributed by atoms with Gasteiger partial charge in [-0.05, 0) is 31.7 Å². The molecule has 1 fully saturated rings. The quantitative estimate of drug-likeness (QED) is 0.733. The van der Waals surface area contributed by atoms with Crippen LogP contribution in [-0.2, 0) is 9.53 Å². The van der Waals surface area contributed by atoms with E-state index in [0.717, 1.165) is 38.6 Å². The molecule has 3 heteroatoms. The van der Waals surface area contributed by atoms with Crippen LogP contribution in [0.5, 0.6) is 0 Å². The van der Waals surface area contributed by atoms with Gasteiger partial charge in [-0.2, -0.15) is 0 Å². The van der Waals surface area contributed by atoms with E-state index in [2.05, 4.69) is 19.2 Å². The molecule has 0 bridgehead atoms. The highest BCUT2D eigenvalue weighted by molar-refractivity contribution is 5.81. The number of carbonyl (C=O) groups excluding carboxylic acids is 1. The van der Waals surface area contributed by atoms with Gasteiger partial charge in [-0.25, -0.2) is 0 Å². The molecule has 3 nitrogen and oxygen atoms in total. The zero-order valence-corrected chi connectivity index (χ0v) is 10.8. The van der Waals surface area contributed by atoms with E-state index in [1.54, 1.807) is 0 Å². The smallest absolute Gasteiger partial charge is 0.326 e. The van der Waals surface area contributed by atoms with Crippen LogP contribution in [0.4, 0.5) is 0 Å². The van der Waals surface area contributed by atoms with Crippen LogP contribution >= 0.6 is 0 Å². The van der Waals surface area contributed by atoms with Crippen molar-refractivity contribution in [3.63, 3.8) is 0 Å². The summed E-state index contributed by atoms with van der Waals surface area (Å²) in [6.45, 7) is 5.19. The van der Waals surface area contributed by atoms with E-state index < -0.39 is 5.54 Å². The lowest BCUT2D eigenvalue weighted by atomic mass is 9.71. The third-order valence-corrected chi connectivity index (χ3v) is 3.80. The Kier molecular flexibility index (Phi) is 5.26. The summed E-state index contributed by atoms with van der Waals surface area (Å²) in [4.78, 5) is 12.1. The molecule has 1 N–H and O–H groups in total. The van der Waals surface area contributed by atoms with E-state index in [1.165, 1.54) is 13.5 Å². The van der Waals surface area contributed by atoms with Gasteiger partial charge < -0.3 is 10.1 Å². The Bertz CT molecular complexity index is 230. The fourth-order valence-electron chi connectivity index (χ4n) is 2.90. The first-order valence-corrected chi connectivity index (χ1v) is 6.54. The van der Waals surface area contributed by atoms with Gasteiger partial charge in [-0.3, -0.25) is 4.79 Å². The zero-order valence-electron chi connectivity index (χ0n) is 10.8. The molecule has 0 radical (unpaired) electrons. The third-order valence-electron chi connectivity index (χ3n) is 3.80. The second-order valence-electron chi connectivity index (χ2n) is 4.74. The van der Waals surface area contributed by atoms with Crippen molar-refractivity contribution >= 4 is 5.97 Å². The van der Waals surface area contributed by atoms with Crippen LogP contribution in [0, 0.1) is 5.92 Å². The number of nitrogens with one attached hydrogen (secondary N) is 1. The molecule has 16 heavy (non-hydrogen) atoms. The lowest BCUT2D eigenvalue weighted by molar-refractivity contribution is -0.153. The molecule has 0 amide bonds. The number of carbonyl (C=O) groups is 1. The molecule has 0 aliphatic heterocycles. The maximum absolute atomic E-state index is 12.1. The summed E-state index contributed by atoms with van der Waals surface area (Å²) >= 11 is 0. The van der Waals surface area contributed by atoms with Crippen molar-refractivity contribution in [3.05, 3.63) is 0 Å². The second kappa shape index (κ2) is 6.24.